The van der Waals surface area contributed by atoms with Crippen molar-refractivity contribution in [3.63, 3.8) is 0 Å². The van der Waals surface area contributed by atoms with Gasteiger partial charge in [0.15, 0.2) is 0 Å². The standard InChI is InChI=1S/C26H48/c1-15-13-23(9)21(7)22(8)24(10)14-16(2)18(4)20(6)26(24,12)25(23,11)19(5)17(15)3/h15-22H,13-14H2,1-12H3/t15-,16+,17-,18+,19-,20+,21-,22+,23-,24-,25-,26+/m1/s1. The summed E-state index contributed by atoms with van der Waals surface area (Å²) in [6.45, 7) is 31.6. The highest BCUT2D eigenvalue weighted by Crippen LogP contribution is 2.81. The van der Waals surface area contributed by atoms with Crippen molar-refractivity contribution < 1.29 is 0 Å². The van der Waals surface area contributed by atoms with Crippen LogP contribution in [0.2, 0.25) is 0 Å². The quantitative estimate of drug-likeness (QED) is 0.411. The van der Waals surface area contributed by atoms with Gasteiger partial charge in [-0.1, -0.05) is 83.1 Å². The second-order valence-electron chi connectivity index (χ2n) is 12.5. The highest BCUT2D eigenvalue weighted by Gasteiger charge is 2.75. The second kappa shape index (κ2) is 5.76. The van der Waals surface area contributed by atoms with Gasteiger partial charge in [-0.05, 0) is 81.8 Å². The van der Waals surface area contributed by atoms with E-state index >= 15 is 0 Å². The van der Waals surface area contributed by atoms with Crippen molar-refractivity contribution in [1.82, 2.24) is 0 Å². The molecule has 152 valence electrons. The Balaban J connectivity index is 2.31. The normalized spacial score (nSPS) is 66.0. The minimum Gasteiger partial charge on any atom is -0.0622 e. The summed E-state index contributed by atoms with van der Waals surface area (Å²) in [6.07, 6.45) is 2.84. The molecule has 0 aromatic carbocycles. The van der Waals surface area contributed by atoms with E-state index in [2.05, 4.69) is 83.1 Å². The number of hydrogen-bond donors (Lipinski definition) is 0. The van der Waals surface area contributed by atoms with E-state index in [0.29, 0.717) is 21.7 Å². The smallest absolute Gasteiger partial charge is 0.0179 e. The largest absolute Gasteiger partial charge is 0.0622 e. The number of fused-ring (bicyclic) bond motifs is 3. The maximum Gasteiger partial charge on any atom is -0.0179 e. The van der Waals surface area contributed by atoms with Crippen LogP contribution in [0.25, 0.3) is 0 Å². The minimum atomic E-state index is 0.403. The molecule has 0 nitrogen and oxygen atoms in total. The van der Waals surface area contributed by atoms with Crippen LogP contribution in [-0.4, -0.2) is 0 Å². The second-order valence-corrected chi connectivity index (χ2v) is 12.5. The van der Waals surface area contributed by atoms with Crippen LogP contribution in [0.1, 0.15) is 95.9 Å². The van der Waals surface area contributed by atoms with Crippen LogP contribution in [0.15, 0.2) is 0 Å². The summed E-state index contributed by atoms with van der Waals surface area (Å²) >= 11 is 0. The minimum absolute atomic E-state index is 0.403. The lowest BCUT2D eigenvalue weighted by Crippen LogP contribution is -2.74. The lowest BCUT2D eigenvalue weighted by molar-refractivity contribution is -0.323. The average molecular weight is 361 g/mol. The first-order valence-electron chi connectivity index (χ1n) is 11.7. The van der Waals surface area contributed by atoms with Crippen LogP contribution >= 0.6 is 0 Å². The van der Waals surface area contributed by atoms with E-state index in [0.717, 1.165) is 47.3 Å². The lowest BCUT2D eigenvalue weighted by atomic mass is 9.24. The van der Waals surface area contributed by atoms with Crippen LogP contribution in [0, 0.1) is 69.0 Å². The first kappa shape index (κ1) is 20.7. The molecule has 0 aliphatic heterocycles. The third-order valence-electron chi connectivity index (χ3n) is 12.9. The molecular weight excluding hydrogens is 312 g/mol. The SMILES string of the molecule is C[C@@H]1[C@H](C)C[C@]2(C)[C@H](C)[C@H](C)[C@@]3(C)C[C@H](C)[C@H](C)[C@H](C)[C@]3(C)[C@]2(C)[C@@H]1C. The zero-order valence-electron chi connectivity index (χ0n) is 20.0. The molecule has 0 heteroatoms. The first-order valence-corrected chi connectivity index (χ1v) is 11.7. The fraction of sp³-hybridized carbons (Fsp3) is 1.00. The Morgan fingerprint density at radius 2 is 0.731 bits per heavy atom. The molecule has 0 amide bonds. The lowest BCUT2D eigenvalue weighted by Gasteiger charge is -2.80. The van der Waals surface area contributed by atoms with Gasteiger partial charge in [-0.2, -0.15) is 0 Å². The Labute approximate surface area is 165 Å². The molecule has 3 aliphatic carbocycles. The monoisotopic (exact) mass is 360 g/mol. The van der Waals surface area contributed by atoms with E-state index < -0.39 is 0 Å². The number of hydrogen-bond acceptors (Lipinski definition) is 0. The third kappa shape index (κ3) is 1.94. The van der Waals surface area contributed by atoms with Gasteiger partial charge in [0.2, 0.25) is 0 Å². The Bertz CT molecular complexity index is 514. The van der Waals surface area contributed by atoms with Crippen molar-refractivity contribution in [1.29, 1.82) is 0 Å². The topological polar surface area (TPSA) is 0 Å². The van der Waals surface area contributed by atoms with Crippen molar-refractivity contribution in [2.24, 2.45) is 69.0 Å². The van der Waals surface area contributed by atoms with E-state index in [-0.39, 0.29) is 0 Å². The van der Waals surface area contributed by atoms with Gasteiger partial charge >= 0.3 is 0 Å². The Morgan fingerprint density at radius 1 is 0.462 bits per heavy atom. The average Bonchev–Trinajstić information content (AvgIpc) is 2.58. The van der Waals surface area contributed by atoms with Gasteiger partial charge in [-0.25, -0.2) is 0 Å². The summed E-state index contributed by atoms with van der Waals surface area (Å²) < 4.78 is 0. The summed E-state index contributed by atoms with van der Waals surface area (Å²) in [5.41, 5.74) is 1.70. The summed E-state index contributed by atoms with van der Waals surface area (Å²) in [7, 11) is 0. The summed E-state index contributed by atoms with van der Waals surface area (Å²) in [5.74, 6) is 6.54. The van der Waals surface area contributed by atoms with Crippen molar-refractivity contribution in [3.05, 3.63) is 0 Å². The van der Waals surface area contributed by atoms with Gasteiger partial charge in [0, 0.05) is 0 Å². The highest BCUT2D eigenvalue weighted by molar-refractivity contribution is 5.23. The van der Waals surface area contributed by atoms with Crippen LogP contribution in [0.3, 0.4) is 0 Å². The molecular formula is C26H48. The third-order valence-corrected chi connectivity index (χ3v) is 12.9. The van der Waals surface area contributed by atoms with E-state index in [9.17, 15) is 0 Å². The van der Waals surface area contributed by atoms with Crippen molar-refractivity contribution in [2.75, 3.05) is 0 Å². The molecule has 0 spiro atoms. The maximum atomic E-state index is 2.75. The molecule has 0 N–H and O–H groups in total. The fourth-order valence-electron chi connectivity index (χ4n) is 9.76. The van der Waals surface area contributed by atoms with Crippen molar-refractivity contribution in [2.45, 2.75) is 95.9 Å². The van der Waals surface area contributed by atoms with Crippen LogP contribution < -0.4 is 0 Å². The zero-order valence-corrected chi connectivity index (χ0v) is 20.0. The molecule has 0 bridgehead atoms. The van der Waals surface area contributed by atoms with Gasteiger partial charge in [0.25, 0.3) is 0 Å². The zero-order chi connectivity index (χ0) is 20.0. The molecule has 0 saturated heterocycles. The van der Waals surface area contributed by atoms with E-state index in [1.807, 2.05) is 0 Å². The van der Waals surface area contributed by atoms with Crippen LogP contribution in [0.4, 0.5) is 0 Å². The molecule has 3 rings (SSSR count). The first-order chi connectivity index (χ1) is 11.7. The van der Waals surface area contributed by atoms with E-state index in [4.69, 9.17) is 0 Å². The molecule has 0 radical (unpaired) electrons. The van der Waals surface area contributed by atoms with Gasteiger partial charge in [0.1, 0.15) is 0 Å². The number of rotatable bonds is 0. The summed E-state index contributed by atoms with van der Waals surface area (Å²) in [5, 5.41) is 0. The van der Waals surface area contributed by atoms with E-state index in [1.165, 1.54) is 12.8 Å². The van der Waals surface area contributed by atoms with Gasteiger partial charge < -0.3 is 0 Å². The van der Waals surface area contributed by atoms with Crippen LogP contribution in [-0.2, 0) is 0 Å². The maximum absolute atomic E-state index is 2.75. The molecule has 0 aromatic heterocycles. The molecule has 0 aromatic rings. The molecule has 3 fully saturated rings. The van der Waals surface area contributed by atoms with E-state index in [1.54, 1.807) is 0 Å². The molecule has 3 saturated carbocycles. The van der Waals surface area contributed by atoms with Gasteiger partial charge in [-0.15, -0.1) is 0 Å². The van der Waals surface area contributed by atoms with Gasteiger partial charge in [0.05, 0.1) is 0 Å². The predicted octanol–water partition coefficient (Wildman–Crippen LogP) is 7.92. The Morgan fingerprint density at radius 3 is 1.00 bits per heavy atom. The Kier molecular flexibility index (Phi) is 4.59. The fourth-order valence-corrected chi connectivity index (χ4v) is 9.76. The molecule has 0 heterocycles. The highest BCUT2D eigenvalue weighted by atomic mass is 14.8. The summed E-state index contributed by atoms with van der Waals surface area (Å²) in [4.78, 5) is 0. The molecule has 12 atom stereocenters. The van der Waals surface area contributed by atoms with Crippen molar-refractivity contribution in [3.8, 4) is 0 Å². The Hall–Kier alpha value is 0. The molecule has 3 aliphatic rings. The predicted molar refractivity (Wildman–Crippen MR) is 115 cm³/mol. The molecule has 26 heavy (non-hydrogen) atoms. The van der Waals surface area contributed by atoms with Crippen molar-refractivity contribution >= 4 is 0 Å². The van der Waals surface area contributed by atoms with Gasteiger partial charge in [-0.3, -0.25) is 0 Å². The molecule has 0 unspecified atom stereocenters. The van der Waals surface area contributed by atoms with Crippen LogP contribution in [0.5, 0.6) is 0 Å². The summed E-state index contributed by atoms with van der Waals surface area (Å²) in [6, 6.07) is 0.